The van der Waals surface area contributed by atoms with E-state index in [4.69, 9.17) is 0 Å². The summed E-state index contributed by atoms with van der Waals surface area (Å²) in [6, 6.07) is 7.45. The van der Waals surface area contributed by atoms with Crippen LogP contribution < -0.4 is 5.32 Å². The molecule has 104 valence electrons. The van der Waals surface area contributed by atoms with Crippen molar-refractivity contribution in [2.24, 2.45) is 17.8 Å². The fourth-order valence-corrected chi connectivity index (χ4v) is 4.25. The van der Waals surface area contributed by atoms with E-state index in [1.165, 1.54) is 37.7 Å². The molecule has 2 aliphatic rings. The van der Waals surface area contributed by atoms with E-state index in [0.29, 0.717) is 6.04 Å². The summed E-state index contributed by atoms with van der Waals surface area (Å²) in [4.78, 5) is 0. The SMILES string of the molecule is CCNC(CC1CC2CCC1C2)c1ccc(F)cc1. The highest BCUT2D eigenvalue weighted by atomic mass is 19.1. The van der Waals surface area contributed by atoms with Crippen LogP contribution >= 0.6 is 0 Å². The molecule has 2 aliphatic carbocycles. The van der Waals surface area contributed by atoms with Crippen LogP contribution in [0.15, 0.2) is 24.3 Å². The van der Waals surface area contributed by atoms with E-state index < -0.39 is 0 Å². The number of fused-ring (bicyclic) bond motifs is 2. The van der Waals surface area contributed by atoms with Gasteiger partial charge >= 0.3 is 0 Å². The number of benzene rings is 1. The quantitative estimate of drug-likeness (QED) is 0.833. The number of hydrogen-bond donors (Lipinski definition) is 1. The first-order chi connectivity index (χ1) is 9.26. The molecule has 0 aromatic heterocycles. The van der Waals surface area contributed by atoms with Crippen molar-refractivity contribution >= 4 is 0 Å². The molecule has 0 heterocycles. The van der Waals surface area contributed by atoms with E-state index in [2.05, 4.69) is 12.2 Å². The average Bonchev–Trinajstić information content (AvgIpc) is 3.01. The summed E-state index contributed by atoms with van der Waals surface area (Å²) in [6.07, 6.45) is 7.02. The van der Waals surface area contributed by atoms with E-state index in [-0.39, 0.29) is 5.82 Å². The van der Waals surface area contributed by atoms with Crippen LogP contribution in [0.2, 0.25) is 0 Å². The first-order valence-corrected chi connectivity index (χ1v) is 7.75. The minimum Gasteiger partial charge on any atom is -0.310 e. The van der Waals surface area contributed by atoms with Crippen molar-refractivity contribution in [2.75, 3.05) is 6.54 Å². The molecule has 0 radical (unpaired) electrons. The monoisotopic (exact) mass is 261 g/mol. The summed E-state index contributed by atoms with van der Waals surface area (Å²) in [7, 11) is 0. The predicted molar refractivity (Wildman–Crippen MR) is 76.4 cm³/mol. The molecule has 19 heavy (non-hydrogen) atoms. The van der Waals surface area contributed by atoms with Crippen LogP contribution in [0.3, 0.4) is 0 Å². The van der Waals surface area contributed by atoms with Crippen LogP contribution in [0.25, 0.3) is 0 Å². The Kier molecular flexibility index (Phi) is 3.88. The molecule has 0 spiro atoms. The number of rotatable bonds is 5. The van der Waals surface area contributed by atoms with Crippen molar-refractivity contribution in [3.05, 3.63) is 35.6 Å². The normalized spacial score (nSPS) is 30.7. The lowest BCUT2D eigenvalue weighted by molar-refractivity contribution is 0.280. The fourth-order valence-electron chi connectivity index (χ4n) is 4.25. The summed E-state index contributed by atoms with van der Waals surface area (Å²) in [6.45, 7) is 3.13. The average molecular weight is 261 g/mol. The van der Waals surface area contributed by atoms with E-state index in [1.807, 2.05) is 12.1 Å². The van der Waals surface area contributed by atoms with Crippen LogP contribution in [0.5, 0.6) is 0 Å². The Morgan fingerprint density at radius 3 is 2.58 bits per heavy atom. The van der Waals surface area contributed by atoms with Gasteiger partial charge in [0.25, 0.3) is 0 Å². The van der Waals surface area contributed by atoms with E-state index in [0.717, 1.165) is 24.3 Å². The van der Waals surface area contributed by atoms with Crippen molar-refractivity contribution in [3.63, 3.8) is 0 Å². The van der Waals surface area contributed by atoms with Gasteiger partial charge in [-0.1, -0.05) is 25.5 Å². The van der Waals surface area contributed by atoms with Crippen molar-refractivity contribution in [2.45, 2.75) is 45.1 Å². The molecule has 0 aliphatic heterocycles. The summed E-state index contributed by atoms with van der Waals surface area (Å²) in [5.41, 5.74) is 1.24. The Bertz CT molecular complexity index is 414. The van der Waals surface area contributed by atoms with Gasteiger partial charge in [0.05, 0.1) is 0 Å². The van der Waals surface area contributed by atoms with Gasteiger partial charge in [-0.3, -0.25) is 0 Å². The van der Waals surface area contributed by atoms with Gasteiger partial charge in [0.2, 0.25) is 0 Å². The lowest BCUT2D eigenvalue weighted by Crippen LogP contribution is -2.25. The second kappa shape index (κ2) is 5.62. The maximum atomic E-state index is 13.0. The highest BCUT2D eigenvalue weighted by Crippen LogP contribution is 2.50. The van der Waals surface area contributed by atoms with Gasteiger partial charge in [-0.05, 0) is 67.7 Å². The van der Waals surface area contributed by atoms with Crippen molar-refractivity contribution in [1.29, 1.82) is 0 Å². The molecule has 1 nitrogen and oxygen atoms in total. The van der Waals surface area contributed by atoms with Gasteiger partial charge in [-0.25, -0.2) is 4.39 Å². The first-order valence-electron chi connectivity index (χ1n) is 7.75. The molecule has 1 aromatic rings. The lowest BCUT2D eigenvalue weighted by Gasteiger charge is -2.27. The van der Waals surface area contributed by atoms with Crippen LogP contribution in [-0.2, 0) is 0 Å². The molecule has 1 N–H and O–H groups in total. The predicted octanol–water partition coefficient (Wildman–Crippen LogP) is 4.30. The summed E-state index contributed by atoms with van der Waals surface area (Å²) in [5.74, 6) is 2.71. The second-order valence-electron chi connectivity index (χ2n) is 6.33. The van der Waals surface area contributed by atoms with Gasteiger partial charge in [-0.2, -0.15) is 0 Å². The third kappa shape index (κ3) is 2.84. The number of hydrogen-bond acceptors (Lipinski definition) is 1. The van der Waals surface area contributed by atoms with Crippen LogP contribution in [0.4, 0.5) is 4.39 Å². The summed E-state index contributed by atoms with van der Waals surface area (Å²) < 4.78 is 13.0. The van der Waals surface area contributed by atoms with Gasteiger partial charge in [0, 0.05) is 6.04 Å². The molecule has 0 amide bonds. The van der Waals surface area contributed by atoms with Gasteiger partial charge < -0.3 is 5.32 Å². The standard InChI is InChI=1S/C17H24FN/c1-2-19-17(13-5-7-16(18)8-6-13)11-15-10-12-3-4-14(15)9-12/h5-8,12,14-15,17,19H,2-4,9-11H2,1H3. The Morgan fingerprint density at radius 1 is 1.21 bits per heavy atom. The molecule has 1 aromatic carbocycles. The van der Waals surface area contributed by atoms with E-state index in [1.54, 1.807) is 12.1 Å². The Morgan fingerprint density at radius 2 is 2.00 bits per heavy atom. The van der Waals surface area contributed by atoms with Crippen LogP contribution in [-0.4, -0.2) is 6.54 Å². The smallest absolute Gasteiger partial charge is 0.123 e. The highest BCUT2D eigenvalue weighted by Gasteiger charge is 2.40. The fraction of sp³-hybridized carbons (Fsp3) is 0.647. The molecular formula is C17H24FN. The zero-order chi connectivity index (χ0) is 13.2. The maximum Gasteiger partial charge on any atom is 0.123 e. The largest absolute Gasteiger partial charge is 0.310 e. The van der Waals surface area contributed by atoms with Crippen molar-refractivity contribution in [3.8, 4) is 0 Å². The Labute approximate surface area is 115 Å². The molecule has 2 heteroatoms. The third-order valence-electron chi connectivity index (χ3n) is 5.15. The number of nitrogens with one attached hydrogen (secondary N) is 1. The molecule has 4 unspecified atom stereocenters. The lowest BCUT2D eigenvalue weighted by atomic mass is 9.83. The molecule has 4 atom stereocenters. The number of halogens is 1. The molecular weight excluding hydrogens is 237 g/mol. The van der Waals surface area contributed by atoms with Crippen LogP contribution in [0.1, 0.15) is 50.6 Å². The van der Waals surface area contributed by atoms with Gasteiger partial charge in [0.1, 0.15) is 5.82 Å². The zero-order valence-electron chi connectivity index (χ0n) is 11.7. The molecule has 3 rings (SSSR count). The Hall–Kier alpha value is -0.890. The highest BCUT2D eigenvalue weighted by molar-refractivity contribution is 5.20. The zero-order valence-corrected chi connectivity index (χ0v) is 11.7. The Balaban J connectivity index is 1.68. The third-order valence-corrected chi connectivity index (χ3v) is 5.15. The summed E-state index contributed by atoms with van der Waals surface area (Å²) >= 11 is 0. The molecule has 2 bridgehead atoms. The molecule has 2 fully saturated rings. The van der Waals surface area contributed by atoms with Gasteiger partial charge in [-0.15, -0.1) is 0 Å². The minimum atomic E-state index is -0.140. The van der Waals surface area contributed by atoms with E-state index in [9.17, 15) is 4.39 Å². The van der Waals surface area contributed by atoms with E-state index >= 15 is 0 Å². The minimum absolute atomic E-state index is 0.140. The maximum absolute atomic E-state index is 13.0. The topological polar surface area (TPSA) is 12.0 Å². The van der Waals surface area contributed by atoms with Crippen molar-refractivity contribution < 1.29 is 4.39 Å². The first kappa shape index (κ1) is 13.1. The van der Waals surface area contributed by atoms with Gasteiger partial charge in [0.15, 0.2) is 0 Å². The van der Waals surface area contributed by atoms with Crippen molar-refractivity contribution in [1.82, 2.24) is 5.32 Å². The molecule has 0 saturated heterocycles. The molecule has 2 saturated carbocycles. The summed E-state index contributed by atoms with van der Waals surface area (Å²) in [5, 5.41) is 3.58. The second-order valence-corrected chi connectivity index (χ2v) is 6.33. The van der Waals surface area contributed by atoms with Crippen LogP contribution in [0, 0.1) is 23.6 Å².